The maximum Gasteiger partial charge on any atom is 0.101 e. The highest BCUT2D eigenvalue weighted by Gasteiger charge is 2.10. The molecule has 2 heteroatoms. The molecule has 0 saturated carbocycles. The van der Waals surface area contributed by atoms with Crippen LogP contribution in [0.25, 0.3) is 0 Å². The Morgan fingerprint density at radius 3 is 1.44 bits per heavy atom. The van der Waals surface area contributed by atoms with E-state index in [4.69, 9.17) is 0 Å². The maximum absolute atomic E-state index is 4.65. The Morgan fingerprint density at radius 2 is 1.12 bits per heavy atom. The summed E-state index contributed by atoms with van der Waals surface area (Å²) in [5.74, 6) is 0.863. The van der Waals surface area contributed by atoms with Crippen molar-refractivity contribution in [3.63, 3.8) is 0 Å². The molecule has 0 aromatic heterocycles. The van der Waals surface area contributed by atoms with E-state index in [1.54, 1.807) is 0 Å². The Labute approximate surface area is 152 Å². The minimum absolute atomic E-state index is 0.432. The minimum Gasteiger partial charge on any atom is -0.187 e. The van der Waals surface area contributed by atoms with Crippen molar-refractivity contribution < 1.29 is 0 Å². The third-order valence-corrected chi connectivity index (χ3v) is 4.63. The highest BCUT2D eigenvalue weighted by Crippen LogP contribution is 2.32. The predicted octanol–water partition coefficient (Wildman–Crippen LogP) is 7.20. The van der Waals surface area contributed by atoms with E-state index in [2.05, 4.69) is 93.9 Å². The molecule has 2 nitrogen and oxygen atoms in total. The fourth-order valence-corrected chi connectivity index (χ4v) is 3.12. The summed E-state index contributed by atoms with van der Waals surface area (Å²) >= 11 is 0. The van der Waals surface area contributed by atoms with Crippen LogP contribution in [0, 0.1) is 0 Å². The Hall–Kier alpha value is -2.18. The SMILES string of the molecule is CCc1cccc(C(C)C)c1N=C=Nc1c(CC)cccc1C(C)C. The van der Waals surface area contributed by atoms with Crippen LogP contribution in [-0.4, -0.2) is 6.01 Å². The molecule has 2 aromatic carbocycles. The lowest BCUT2D eigenvalue weighted by atomic mass is 9.97. The zero-order chi connectivity index (χ0) is 18.4. The van der Waals surface area contributed by atoms with Crippen LogP contribution in [0.5, 0.6) is 0 Å². The number of benzene rings is 2. The summed E-state index contributed by atoms with van der Waals surface area (Å²) < 4.78 is 0. The number of para-hydroxylation sites is 2. The van der Waals surface area contributed by atoms with Gasteiger partial charge in [0.25, 0.3) is 0 Å². The van der Waals surface area contributed by atoms with Gasteiger partial charge in [0.15, 0.2) is 0 Å². The molecule has 0 N–H and O–H groups in total. The zero-order valence-corrected chi connectivity index (χ0v) is 16.4. The van der Waals surface area contributed by atoms with E-state index >= 15 is 0 Å². The van der Waals surface area contributed by atoms with Crippen LogP contribution in [0.2, 0.25) is 0 Å². The molecule has 0 aliphatic carbocycles. The maximum atomic E-state index is 4.65. The highest BCUT2D eigenvalue weighted by molar-refractivity contribution is 5.66. The van der Waals surface area contributed by atoms with Gasteiger partial charge < -0.3 is 0 Å². The van der Waals surface area contributed by atoms with Crippen LogP contribution in [0.15, 0.2) is 46.4 Å². The van der Waals surface area contributed by atoms with E-state index in [0.717, 1.165) is 24.2 Å². The molecule has 0 radical (unpaired) electrons. The van der Waals surface area contributed by atoms with Gasteiger partial charge in [0, 0.05) is 0 Å². The molecule has 25 heavy (non-hydrogen) atoms. The summed E-state index contributed by atoms with van der Waals surface area (Å²) in [6.07, 6.45) is 1.92. The second-order valence-corrected chi connectivity index (χ2v) is 7.05. The van der Waals surface area contributed by atoms with Crippen molar-refractivity contribution in [3.05, 3.63) is 58.7 Å². The van der Waals surface area contributed by atoms with Crippen molar-refractivity contribution in [2.45, 2.75) is 66.2 Å². The fraction of sp³-hybridized carbons (Fsp3) is 0.435. The van der Waals surface area contributed by atoms with Crippen LogP contribution in [0.4, 0.5) is 11.4 Å². The first-order valence-corrected chi connectivity index (χ1v) is 9.39. The van der Waals surface area contributed by atoms with E-state index in [1.165, 1.54) is 22.3 Å². The summed E-state index contributed by atoms with van der Waals surface area (Å²) in [6, 6.07) is 15.8. The molecule has 0 fully saturated rings. The first-order chi connectivity index (χ1) is 12.0. The number of hydrogen-bond donors (Lipinski definition) is 0. The third-order valence-electron chi connectivity index (χ3n) is 4.63. The molecule has 0 aliphatic rings. The van der Waals surface area contributed by atoms with Crippen molar-refractivity contribution in [1.82, 2.24) is 0 Å². The molecule has 0 unspecified atom stereocenters. The molecular weight excluding hydrogens is 304 g/mol. The summed E-state index contributed by atoms with van der Waals surface area (Å²) in [4.78, 5) is 9.31. The van der Waals surface area contributed by atoms with E-state index < -0.39 is 0 Å². The van der Waals surface area contributed by atoms with E-state index in [1.807, 2.05) is 0 Å². The molecule has 0 spiro atoms. The van der Waals surface area contributed by atoms with Gasteiger partial charge in [-0.1, -0.05) is 77.9 Å². The standard InChI is InChI=1S/C23H30N2/c1-7-18-11-9-13-20(16(3)4)22(18)24-15-25-23-19(8-2)12-10-14-21(23)17(5)6/h9-14,16-17H,7-8H2,1-6H3. The largest absolute Gasteiger partial charge is 0.187 e. The van der Waals surface area contributed by atoms with Gasteiger partial charge in [-0.15, -0.1) is 0 Å². The average Bonchev–Trinajstić information content (AvgIpc) is 2.61. The number of aliphatic imine (C=N–C) groups is 2. The quantitative estimate of drug-likeness (QED) is 0.499. The van der Waals surface area contributed by atoms with E-state index in [-0.39, 0.29) is 0 Å². The lowest BCUT2D eigenvalue weighted by Gasteiger charge is -2.12. The predicted molar refractivity (Wildman–Crippen MR) is 109 cm³/mol. The number of aryl methyl sites for hydroxylation is 2. The van der Waals surface area contributed by atoms with Gasteiger partial charge in [0.05, 0.1) is 11.4 Å². The number of rotatable bonds is 6. The van der Waals surface area contributed by atoms with Gasteiger partial charge in [-0.25, -0.2) is 0 Å². The third kappa shape index (κ3) is 4.46. The first-order valence-electron chi connectivity index (χ1n) is 9.39. The summed E-state index contributed by atoms with van der Waals surface area (Å²) in [6.45, 7) is 13.1. The molecule has 2 rings (SSSR count). The van der Waals surface area contributed by atoms with Crippen molar-refractivity contribution in [2.75, 3.05) is 0 Å². The van der Waals surface area contributed by atoms with E-state index in [9.17, 15) is 0 Å². The molecule has 132 valence electrons. The monoisotopic (exact) mass is 334 g/mol. The molecular formula is C23H30N2. The van der Waals surface area contributed by atoms with Gasteiger partial charge in [-0.2, -0.15) is 9.98 Å². The number of hydrogen-bond acceptors (Lipinski definition) is 2. The van der Waals surface area contributed by atoms with Crippen molar-refractivity contribution in [1.29, 1.82) is 0 Å². The second kappa shape index (κ2) is 8.78. The first kappa shape index (κ1) is 19.1. The molecule has 0 saturated heterocycles. The van der Waals surface area contributed by atoms with Crippen molar-refractivity contribution in [3.8, 4) is 0 Å². The number of nitrogens with zero attached hydrogens (tertiary/aromatic N) is 2. The Morgan fingerprint density at radius 1 is 0.720 bits per heavy atom. The molecule has 0 heterocycles. The molecule has 0 amide bonds. The summed E-state index contributed by atoms with van der Waals surface area (Å²) in [7, 11) is 0. The normalized spacial score (nSPS) is 10.9. The average molecular weight is 335 g/mol. The van der Waals surface area contributed by atoms with Crippen LogP contribution in [0.1, 0.15) is 75.6 Å². The van der Waals surface area contributed by atoms with Gasteiger partial charge in [-0.05, 0) is 46.9 Å². The summed E-state index contributed by atoms with van der Waals surface area (Å²) in [5, 5.41) is 0. The Kier molecular flexibility index (Phi) is 6.73. The van der Waals surface area contributed by atoms with Crippen LogP contribution < -0.4 is 0 Å². The van der Waals surface area contributed by atoms with Gasteiger partial charge in [0.1, 0.15) is 6.01 Å². The fourth-order valence-electron chi connectivity index (χ4n) is 3.12. The van der Waals surface area contributed by atoms with Crippen LogP contribution in [-0.2, 0) is 12.8 Å². The van der Waals surface area contributed by atoms with Crippen LogP contribution in [0.3, 0.4) is 0 Å². The second-order valence-electron chi connectivity index (χ2n) is 7.05. The molecule has 2 aromatic rings. The zero-order valence-electron chi connectivity index (χ0n) is 16.4. The van der Waals surface area contributed by atoms with Crippen LogP contribution >= 0.6 is 0 Å². The Balaban J connectivity index is 2.54. The molecule has 0 atom stereocenters. The highest BCUT2D eigenvalue weighted by atomic mass is 14.8. The van der Waals surface area contributed by atoms with Gasteiger partial charge >= 0.3 is 0 Å². The van der Waals surface area contributed by atoms with Gasteiger partial charge in [0.2, 0.25) is 0 Å². The smallest absolute Gasteiger partial charge is 0.101 e. The van der Waals surface area contributed by atoms with Crippen molar-refractivity contribution in [2.24, 2.45) is 9.98 Å². The lowest BCUT2D eigenvalue weighted by molar-refractivity contribution is 0.862. The lowest BCUT2D eigenvalue weighted by Crippen LogP contribution is -1.93. The molecule has 0 aliphatic heterocycles. The summed E-state index contributed by atoms with van der Waals surface area (Å²) in [5.41, 5.74) is 7.08. The van der Waals surface area contributed by atoms with Gasteiger partial charge in [-0.3, -0.25) is 0 Å². The van der Waals surface area contributed by atoms with E-state index in [0.29, 0.717) is 11.8 Å². The Bertz CT molecular complexity index is 715. The molecule has 0 bridgehead atoms. The topological polar surface area (TPSA) is 24.7 Å². The minimum atomic E-state index is 0.432. The van der Waals surface area contributed by atoms with Crippen molar-refractivity contribution >= 4 is 17.4 Å².